The van der Waals surface area contributed by atoms with Crippen LogP contribution < -0.4 is 0 Å². The molecule has 0 aliphatic heterocycles. The molecule has 0 saturated carbocycles. The van der Waals surface area contributed by atoms with Crippen molar-refractivity contribution >= 4 is 33.3 Å². The van der Waals surface area contributed by atoms with Crippen molar-refractivity contribution in [2.24, 2.45) is 5.92 Å². The molecule has 0 aliphatic carbocycles. The molecule has 0 spiro atoms. The van der Waals surface area contributed by atoms with Gasteiger partial charge < -0.3 is 0 Å². The molecule has 0 radical (unpaired) electrons. The van der Waals surface area contributed by atoms with Crippen molar-refractivity contribution in [3.63, 3.8) is 0 Å². The SMILES string of the molecule is CCC(CC#N)C(=O)c1cc(Cl)ccc1Br. The van der Waals surface area contributed by atoms with Gasteiger partial charge in [0.2, 0.25) is 0 Å². The lowest BCUT2D eigenvalue weighted by molar-refractivity contribution is 0.0918. The van der Waals surface area contributed by atoms with Crippen molar-refractivity contribution in [1.29, 1.82) is 5.26 Å². The predicted molar refractivity (Wildman–Crippen MR) is 67.5 cm³/mol. The Morgan fingerprint density at radius 3 is 2.88 bits per heavy atom. The summed E-state index contributed by atoms with van der Waals surface area (Å²) in [7, 11) is 0. The lowest BCUT2D eigenvalue weighted by Crippen LogP contribution is -2.14. The molecule has 0 aromatic heterocycles. The number of nitriles is 1. The van der Waals surface area contributed by atoms with E-state index in [0.717, 1.165) is 4.47 Å². The first kappa shape index (κ1) is 13.2. The smallest absolute Gasteiger partial charge is 0.168 e. The second kappa shape index (κ2) is 6.03. The van der Waals surface area contributed by atoms with Crippen LogP contribution in [0, 0.1) is 17.2 Å². The molecular weight excluding hydrogens is 289 g/mol. The van der Waals surface area contributed by atoms with E-state index in [4.69, 9.17) is 16.9 Å². The van der Waals surface area contributed by atoms with E-state index in [-0.39, 0.29) is 18.1 Å². The number of benzene rings is 1. The Bertz CT molecular complexity index is 439. The highest BCUT2D eigenvalue weighted by Gasteiger charge is 2.20. The normalized spacial score (nSPS) is 11.9. The van der Waals surface area contributed by atoms with Gasteiger partial charge in [0.05, 0.1) is 6.07 Å². The van der Waals surface area contributed by atoms with Crippen LogP contribution in [0.4, 0.5) is 0 Å². The molecule has 0 saturated heterocycles. The van der Waals surface area contributed by atoms with Crippen LogP contribution in [0.25, 0.3) is 0 Å². The van der Waals surface area contributed by atoms with Crippen molar-refractivity contribution in [3.8, 4) is 6.07 Å². The van der Waals surface area contributed by atoms with Crippen molar-refractivity contribution in [2.45, 2.75) is 19.8 Å². The third kappa shape index (κ3) is 3.07. The average Bonchev–Trinajstić information content (AvgIpc) is 2.28. The number of Topliss-reactive ketones (excluding diaryl/α,β-unsaturated/α-hetero) is 1. The van der Waals surface area contributed by atoms with Gasteiger partial charge in [0.15, 0.2) is 5.78 Å². The van der Waals surface area contributed by atoms with E-state index in [1.54, 1.807) is 18.2 Å². The first-order valence-corrected chi connectivity index (χ1v) is 6.13. The molecule has 0 fully saturated rings. The largest absolute Gasteiger partial charge is 0.294 e. The first-order valence-electron chi connectivity index (χ1n) is 4.96. The number of carbonyl (C=O) groups is 1. The molecule has 84 valence electrons. The molecule has 4 heteroatoms. The molecule has 0 N–H and O–H groups in total. The molecule has 1 rings (SSSR count). The van der Waals surface area contributed by atoms with Crippen molar-refractivity contribution in [3.05, 3.63) is 33.3 Å². The van der Waals surface area contributed by atoms with Crippen LogP contribution in [-0.2, 0) is 0 Å². The third-order valence-corrected chi connectivity index (χ3v) is 3.32. The first-order chi connectivity index (χ1) is 7.60. The van der Waals surface area contributed by atoms with Crippen LogP contribution >= 0.6 is 27.5 Å². The molecule has 1 aromatic carbocycles. The van der Waals surface area contributed by atoms with Crippen LogP contribution in [0.2, 0.25) is 5.02 Å². The van der Waals surface area contributed by atoms with Crippen molar-refractivity contribution < 1.29 is 4.79 Å². The second-order valence-corrected chi connectivity index (χ2v) is 4.75. The predicted octanol–water partition coefficient (Wildman–Crippen LogP) is 4.23. The molecule has 0 bridgehead atoms. The van der Waals surface area contributed by atoms with E-state index in [0.29, 0.717) is 17.0 Å². The maximum Gasteiger partial charge on any atom is 0.168 e. The summed E-state index contributed by atoms with van der Waals surface area (Å²) in [6.45, 7) is 1.90. The Morgan fingerprint density at radius 1 is 1.62 bits per heavy atom. The van der Waals surface area contributed by atoms with Gasteiger partial charge in [-0.1, -0.05) is 34.5 Å². The number of halogens is 2. The highest BCUT2D eigenvalue weighted by Crippen LogP contribution is 2.25. The summed E-state index contributed by atoms with van der Waals surface area (Å²) in [6, 6.07) is 7.13. The number of hydrogen-bond acceptors (Lipinski definition) is 2. The molecule has 2 nitrogen and oxygen atoms in total. The topological polar surface area (TPSA) is 40.9 Å². The molecule has 16 heavy (non-hydrogen) atoms. The standard InChI is InChI=1S/C12H11BrClNO/c1-2-8(5-6-15)12(16)10-7-9(14)3-4-11(10)13/h3-4,7-8H,2,5H2,1H3. The Morgan fingerprint density at radius 2 is 2.31 bits per heavy atom. The van der Waals surface area contributed by atoms with E-state index in [1.807, 2.05) is 13.0 Å². The van der Waals surface area contributed by atoms with Crippen molar-refractivity contribution in [2.75, 3.05) is 0 Å². The van der Waals surface area contributed by atoms with Crippen LogP contribution in [0.1, 0.15) is 30.1 Å². The Kier molecular flexibility index (Phi) is 4.98. The lowest BCUT2D eigenvalue weighted by Gasteiger charge is -2.11. The second-order valence-electron chi connectivity index (χ2n) is 3.46. The van der Waals surface area contributed by atoms with Crippen LogP contribution in [0.15, 0.2) is 22.7 Å². The zero-order valence-electron chi connectivity index (χ0n) is 8.84. The maximum atomic E-state index is 12.1. The van der Waals surface area contributed by atoms with Crippen LogP contribution in [0.5, 0.6) is 0 Å². The van der Waals surface area contributed by atoms with Gasteiger partial charge in [-0.25, -0.2) is 0 Å². The Labute approximate surface area is 108 Å². The van der Waals surface area contributed by atoms with E-state index in [9.17, 15) is 4.79 Å². The molecule has 1 atom stereocenters. The van der Waals surface area contributed by atoms with Crippen LogP contribution in [0.3, 0.4) is 0 Å². The Balaban J connectivity index is 3.03. The number of ketones is 1. The lowest BCUT2D eigenvalue weighted by atomic mass is 9.93. The fraction of sp³-hybridized carbons (Fsp3) is 0.333. The minimum absolute atomic E-state index is 0.0292. The summed E-state index contributed by atoms with van der Waals surface area (Å²) >= 11 is 9.17. The number of rotatable bonds is 4. The molecular formula is C12H11BrClNO. The van der Waals surface area contributed by atoms with Crippen LogP contribution in [-0.4, -0.2) is 5.78 Å². The highest BCUT2D eigenvalue weighted by molar-refractivity contribution is 9.10. The molecule has 1 unspecified atom stereocenters. The zero-order valence-corrected chi connectivity index (χ0v) is 11.2. The fourth-order valence-corrected chi connectivity index (χ4v) is 2.05. The van der Waals surface area contributed by atoms with Gasteiger partial charge in [0.25, 0.3) is 0 Å². The van der Waals surface area contributed by atoms with E-state index in [2.05, 4.69) is 15.9 Å². The fourth-order valence-electron chi connectivity index (χ4n) is 1.44. The quantitative estimate of drug-likeness (QED) is 0.781. The van der Waals surface area contributed by atoms with Gasteiger partial charge in [-0.3, -0.25) is 4.79 Å². The molecule has 1 aromatic rings. The number of nitrogens with zero attached hydrogens (tertiary/aromatic N) is 1. The summed E-state index contributed by atoms with van der Waals surface area (Å²) in [5.41, 5.74) is 0.551. The molecule has 0 amide bonds. The Hall–Kier alpha value is -0.850. The highest BCUT2D eigenvalue weighted by atomic mass is 79.9. The van der Waals surface area contributed by atoms with Gasteiger partial charge >= 0.3 is 0 Å². The summed E-state index contributed by atoms with van der Waals surface area (Å²) in [6.07, 6.45) is 0.902. The zero-order chi connectivity index (χ0) is 12.1. The van der Waals surface area contributed by atoms with E-state index >= 15 is 0 Å². The van der Waals surface area contributed by atoms with Gasteiger partial charge in [0.1, 0.15) is 0 Å². The van der Waals surface area contributed by atoms with Gasteiger partial charge in [-0.05, 0) is 24.6 Å². The van der Waals surface area contributed by atoms with E-state index in [1.165, 1.54) is 0 Å². The summed E-state index contributed by atoms with van der Waals surface area (Å²) in [4.78, 5) is 12.1. The monoisotopic (exact) mass is 299 g/mol. The minimum atomic E-state index is -0.250. The summed E-state index contributed by atoms with van der Waals surface area (Å²) in [5.74, 6) is -0.279. The van der Waals surface area contributed by atoms with Gasteiger partial charge in [-0.15, -0.1) is 0 Å². The number of hydrogen-bond donors (Lipinski definition) is 0. The van der Waals surface area contributed by atoms with E-state index < -0.39 is 0 Å². The van der Waals surface area contributed by atoms with Crippen molar-refractivity contribution in [1.82, 2.24) is 0 Å². The number of carbonyl (C=O) groups excluding carboxylic acids is 1. The van der Waals surface area contributed by atoms with Gasteiger partial charge in [0, 0.05) is 27.4 Å². The maximum absolute atomic E-state index is 12.1. The third-order valence-electron chi connectivity index (χ3n) is 2.40. The van der Waals surface area contributed by atoms with Gasteiger partial charge in [-0.2, -0.15) is 5.26 Å². The summed E-state index contributed by atoms with van der Waals surface area (Å²) in [5, 5.41) is 9.17. The average molecular weight is 301 g/mol. The molecule has 0 heterocycles. The minimum Gasteiger partial charge on any atom is -0.294 e. The summed E-state index contributed by atoms with van der Waals surface area (Å²) < 4.78 is 0.721. The molecule has 0 aliphatic rings.